The number of rotatable bonds is 4. The average Bonchev–Trinajstić information content (AvgIpc) is 2.81. The van der Waals surface area contributed by atoms with Gasteiger partial charge in [0.2, 0.25) is 5.91 Å². The van der Waals surface area contributed by atoms with Crippen LogP contribution in [0, 0.1) is 24.2 Å². The first-order chi connectivity index (χ1) is 6.56. The van der Waals surface area contributed by atoms with Crippen molar-refractivity contribution in [1.82, 2.24) is 5.32 Å². The van der Waals surface area contributed by atoms with E-state index in [2.05, 4.69) is 11.2 Å². The predicted octanol–water partition coefficient (Wildman–Crippen LogP) is 0.235. The summed E-state index contributed by atoms with van der Waals surface area (Å²) in [5.74, 6) is 1.31. The zero-order chi connectivity index (χ0) is 10.7. The minimum atomic E-state index is -1.08. The van der Waals surface area contributed by atoms with Crippen molar-refractivity contribution in [3.05, 3.63) is 0 Å². The number of nitrogens with one attached hydrogen (secondary N) is 1. The molecule has 14 heavy (non-hydrogen) atoms. The lowest BCUT2D eigenvalue weighted by Gasteiger charge is -2.11. The molecule has 0 aliphatic heterocycles. The lowest BCUT2D eigenvalue weighted by Crippen LogP contribution is -2.41. The van der Waals surface area contributed by atoms with Crippen LogP contribution in [0.4, 0.5) is 0 Å². The van der Waals surface area contributed by atoms with Crippen molar-refractivity contribution in [2.24, 2.45) is 11.8 Å². The number of carboxylic acid groups (broad SMARTS) is 1. The molecule has 1 aliphatic carbocycles. The zero-order valence-corrected chi connectivity index (χ0v) is 7.99. The van der Waals surface area contributed by atoms with Gasteiger partial charge in [-0.1, -0.05) is 6.92 Å². The molecule has 0 bridgehead atoms. The largest absolute Gasteiger partial charge is 0.480 e. The van der Waals surface area contributed by atoms with Crippen LogP contribution in [0.3, 0.4) is 0 Å². The molecule has 3 atom stereocenters. The Labute approximate surface area is 82.7 Å². The number of amides is 1. The number of carbonyl (C=O) groups excluding carboxylic acids is 1. The number of terminal acetylenes is 1. The topological polar surface area (TPSA) is 66.4 Å². The van der Waals surface area contributed by atoms with Crippen molar-refractivity contribution in [1.29, 1.82) is 0 Å². The van der Waals surface area contributed by atoms with E-state index in [9.17, 15) is 9.59 Å². The molecule has 3 unspecified atom stereocenters. The molecule has 0 saturated heterocycles. The van der Waals surface area contributed by atoms with E-state index in [4.69, 9.17) is 11.5 Å². The van der Waals surface area contributed by atoms with Gasteiger partial charge in [0, 0.05) is 12.3 Å². The van der Waals surface area contributed by atoms with Crippen LogP contribution in [0.25, 0.3) is 0 Å². The van der Waals surface area contributed by atoms with Gasteiger partial charge < -0.3 is 10.4 Å². The Bertz CT molecular complexity index is 292. The van der Waals surface area contributed by atoms with E-state index in [-0.39, 0.29) is 18.2 Å². The maximum Gasteiger partial charge on any atom is 0.327 e. The van der Waals surface area contributed by atoms with Gasteiger partial charge in [0.1, 0.15) is 6.04 Å². The maximum atomic E-state index is 11.4. The molecule has 1 saturated carbocycles. The molecule has 0 aromatic carbocycles. The normalized spacial score (nSPS) is 26.0. The minimum absolute atomic E-state index is 0.0189. The van der Waals surface area contributed by atoms with Crippen LogP contribution < -0.4 is 5.32 Å². The van der Waals surface area contributed by atoms with Gasteiger partial charge in [-0.05, 0) is 12.3 Å². The van der Waals surface area contributed by atoms with Gasteiger partial charge in [-0.2, -0.15) is 0 Å². The Balaban J connectivity index is 2.43. The monoisotopic (exact) mass is 195 g/mol. The summed E-state index contributed by atoms with van der Waals surface area (Å²) in [5, 5.41) is 11.1. The van der Waals surface area contributed by atoms with Crippen LogP contribution in [0.2, 0.25) is 0 Å². The molecular formula is C10H13NO3. The van der Waals surface area contributed by atoms with Crippen molar-refractivity contribution in [2.75, 3.05) is 0 Å². The first-order valence-electron chi connectivity index (χ1n) is 4.53. The van der Waals surface area contributed by atoms with E-state index < -0.39 is 12.0 Å². The quantitative estimate of drug-likeness (QED) is 0.631. The Morgan fingerprint density at radius 2 is 2.29 bits per heavy atom. The predicted molar refractivity (Wildman–Crippen MR) is 50.3 cm³/mol. The van der Waals surface area contributed by atoms with Gasteiger partial charge in [0.05, 0.1) is 0 Å². The highest BCUT2D eigenvalue weighted by Gasteiger charge is 2.40. The fraction of sp³-hybridized carbons (Fsp3) is 0.600. The van der Waals surface area contributed by atoms with Crippen molar-refractivity contribution >= 4 is 11.9 Å². The molecule has 1 fully saturated rings. The molecular weight excluding hydrogens is 182 g/mol. The second-order valence-electron chi connectivity index (χ2n) is 3.63. The highest BCUT2D eigenvalue weighted by molar-refractivity contribution is 5.86. The van der Waals surface area contributed by atoms with Crippen LogP contribution in [-0.2, 0) is 9.59 Å². The van der Waals surface area contributed by atoms with Gasteiger partial charge in [0.25, 0.3) is 0 Å². The number of aliphatic carboxylic acids is 1. The molecule has 76 valence electrons. The molecule has 0 aromatic heterocycles. The number of hydrogen-bond donors (Lipinski definition) is 2. The molecule has 0 spiro atoms. The van der Waals surface area contributed by atoms with E-state index in [0.717, 1.165) is 6.42 Å². The fourth-order valence-electron chi connectivity index (χ4n) is 1.28. The summed E-state index contributed by atoms with van der Waals surface area (Å²) < 4.78 is 0. The van der Waals surface area contributed by atoms with Crippen LogP contribution in [0.1, 0.15) is 19.8 Å². The van der Waals surface area contributed by atoms with E-state index in [1.807, 2.05) is 6.92 Å². The minimum Gasteiger partial charge on any atom is -0.480 e. The SMILES string of the molecule is C#CCC(NC(=O)C1CC1C)C(=O)O. The van der Waals surface area contributed by atoms with Crippen molar-refractivity contribution in [2.45, 2.75) is 25.8 Å². The van der Waals surface area contributed by atoms with Gasteiger partial charge in [0.15, 0.2) is 0 Å². The van der Waals surface area contributed by atoms with Gasteiger partial charge in [-0.25, -0.2) is 4.79 Å². The molecule has 2 N–H and O–H groups in total. The Kier molecular flexibility index (Phi) is 3.13. The molecule has 1 rings (SSSR count). The van der Waals surface area contributed by atoms with Gasteiger partial charge in [-0.3, -0.25) is 4.79 Å². The average molecular weight is 195 g/mol. The summed E-state index contributed by atoms with van der Waals surface area (Å²) in [5.41, 5.74) is 0. The van der Waals surface area contributed by atoms with Gasteiger partial charge in [-0.15, -0.1) is 12.3 Å². The van der Waals surface area contributed by atoms with Crippen molar-refractivity contribution in [3.8, 4) is 12.3 Å². The first-order valence-corrected chi connectivity index (χ1v) is 4.53. The molecule has 0 aromatic rings. The van der Waals surface area contributed by atoms with E-state index in [1.54, 1.807) is 0 Å². The van der Waals surface area contributed by atoms with Crippen molar-refractivity contribution < 1.29 is 14.7 Å². The molecule has 0 radical (unpaired) electrons. The fourth-order valence-corrected chi connectivity index (χ4v) is 1.28. The summed E-state index contributed by atoms with van der Waals surface area (Å²) in [6.07, 6.45) is 5.87. The molecule has 1 aliphatic rings. The number of hydrogen-bond acceptors (Lipinski definition) is 2. The van der Waals surface area contributed by atoms with Crippen LogP contribution in [0.5, 0.6) is 0 Å². The van der Waals surface area contributed by atoms with Crippen LogP contribution >= 0.6 is 0 Å². The Hall–Kier alpha value is -1.50. The Morgan fingerprint density at radius 1 is 1.71 bits per heavy atom. The summed E-state index contributed by atoms with van der Waals surface area (Å²) >= 11 is 0. The summed E-state index contributed by atoms with van der Waals surface area (Å²) in [6.45, 7) is 1.96. The van der Waals surface area contributed by atoms with Crippen LogP contribution in [-0.4, -0.2) is 23.0 Å². The second-order valence-corrected chi connectivity index (χ2v) is 3.63. The first kappa shape index (κ1) is 10.6. The molecule has 4 nitrogen and oxygen atoms in total. The highest BCUT2D eigenvalue weighted by atomic mass is 16.4. The Morgan fingerprint density at radius 3 is 2.64 bits per heavy atom. The third-order valence-corrected chi connectivity index (χ3v) is 2.38. The van der Waals surface area contributed by atoms with E-state index in [0.29, 0.717) is 5.92 Å². The third-order valence-electron chi connectivity index (χ3n) is 2.38. The lowest BCUT2D eigenvalue weighted by molar-refractivity contribution is -0.141. The number of carbonyl (C=O) groups is 2. The molecule has 4 heteroatoms. The zero-order valence-electron chi connectivity index (χ0n) is 7.99. The smallest absolute Gasteiger partial charge is 0.327 e. The maximum absolute atomic E-state index is 11.4. The summed E-state index contributed by atoms with van der Waals surface area (Å²) in [4.78, 5) is 22.0. The molecule has 0 heterocycles. The molecule has 1 amide bonds. The van der Waals surface area contributed by atoms with Crippen LogP contribution in [0.15, 0.2) is 0 Å². The van der Waals surface area contributed by atoms with Gasteiger partial charge >= 0.3 is 5.97 Å². The van der Waals surface area contributed by atoms with E-state index >= 15 is 0 Å². The van der Waals surface area contributed by atoms with E-state index in [1.165, 1.54) is 0 Å². The highest BCUT2D eigenvalue weighted by Crippen LogP contribution is 2.37. The third kappa shape index (κ3) is 2.49. The standard InChI is InChI=1S/C10H13NO3/c1-3-4-8(10(13)14)11-9(12)7-5-6(7)2/h1,6-8H,4-5H2,2H3,(H,11,12)(H,13,14). The summed E-state index contributed by atoms with van der Waals surface area (Å²) in [6, 6.07) is -0.944. The second kappa shape index (κ2) is 4.14. The lowest BCUT2D eigenvalue weighted by atomic mass is 10.2. The van der Waals surface area contributed by atoms with Crippen molar-refractivity contribution in [3.63, 3.8) is 0 Å². The number of carboxylic acids is 1. The summed E-state index contributed by atoms with van der Waals surface area (Å²) in [7, 11) is 0.